The Morgan fingerprint density at radius 3 is 2.47 bits per heavy atom. The van der Waals surface area contributed by atoms with Gasteiger partial charge in [-0.3, -0.25) is 13.9 Å². The normalized spacial score (nSPS) is 12.0. The summed E-state index contributed by atoms with van der Waals surface area (Å²) in [6, 6.07) is 13.2. The van der Waals surface area contributed by atoms with Crippen LogP contribution in [0.3, 0.4) is 0 Å². The van der Waals surface area contributed by atoms with E-state index in [1.807, 2.05) is 13.0 Å². The second kappa shape index (κ2) is 12.6. The Hall–Kier alpha value is -2.78. The molecular weight excluding hydrogens is 478 g/mol. The monoisotopic (exact) mass is 509 g/mol. The Balaban J connectivity index is 2.17. The van der Waals surface area contributed by atoms with Crippen LogP contribution < -0.4 is 14.4 Å². The van der Waals surface area contributed by atoms with E-state index in [4.69, 9.17) is 16.3 Å². The van der Waals surface area contributed by atoms with E-state index in [0.29, 0.717) is 23.0 Å². The maximum atomic E-state index is 13.2. The third-order valence-corrected chi connectivity index (χ3v) is 6.87. The van der Waals surface area contributed by atoms with Gasteiger partial charge in [-0.05, 0) is 44.0 Å². The Morgan fingerprint density at radius 2 is 1.85 bits per heavy atom. The van der Waals surface area contributed by atoms with Crippen LogP contribution in [-0.2, 0) is 26.2 Å². The highest BCUT2D eigenvalue weighted by Gasteiger charge is 2.27. The molecule has 2 aromatic rings. The van der Waals surface area contributed by atoms with E-state index in [1.54, 1.807) is 49.4 Å². The van der Waals surface area contributed by atoms with Gasteiger partial charge in [-0.25, -0.2) is 8.42 Å². The highest BCUT2D eigenvalue weighted by molar-refractivity contribution is 7.92. The van der Waals surface area contributed by atoms with E-state index >= 15 is 0 Å². The summed E-state index contributed by atoms with van der Waals surface area (Å²) in [5.74, 6) is -0.00119. The number of likely N-dealkylation sites (N-methyl/N-ethyl adjacent to an activating group) is 1. The average molecular weight is 510 g/mol. The molecule has 0 saturated heterocycles. The lowest BCUT2D eigenvalue weighted by atomic mass is 10.1. The predicted octanol–water partition coefficient (Wildman–Crippen LogP) is 3.45. The molecule has 1 N–H and O–H groups in total. The standard InChI is InChI=1S/C24H32ClN3O5S/c1-5-26-24(30)18(2)27(17-19-10-6-7-13-22(19)25)23(29)14-9-15-28(34(4,31)32)20-11-8-12-21(16-20)33-3/h6-8,10-13,16,18H,5,9,14-15,17H2,1-4H3,(H,26,30)/t18-/m1/s1. The fourth-order valence-electron chi connectivity index (χ4n) is 3.48. The quantitative estimate of drug-likeness (QED) is 0.472. The number of sulfonamides is 1. The largest absolute Gasteiger partial charge is 0.497 e. The maximum absolute atomic E-state index is 13.2. The summed E-state index contributed by atoms with van der Waals surface area (Å²) in [6.45, 7) is 4.19. The summed E-state index contributed by atoms with van der Waals surface area (Å²) in [5, 5.41) is 3.25. The molecule has 2 aromatic carbocycles. The lowest BCUT2D eigenvalue weighted by Gasteiger charge is -2.29. The Morgan fingerprint density at radius 1 is 1.15 bits per heavy atom. The summed E-state index contributed by atoms with van der Waals surface area (Å²) in [7, 11) is -2.08. The van der Waals surface area contributed by atoms with Gasteiger partial charge >= 0.3 is 0 Å². The van der Waals surface area contributed by atoms with Crippen molar-refractivity contribution in [3.63, 3.8) is 0 Å². The van der Waals surface area contributed by atoms with Crippen molar-refractivity contribution in [1.29, 1.82) is 0 Å². The third-order valence-electron chi connectivity index (χ3n) is 5.31. The van der Waals surface area contributed by atoms with Crippen LogP contribution >= 0.6 is 11.6 Å². The van der Waals surface area contributed by atoms with Crippen LogP contribution in [0.1, 0.15) is 32.3 Å². The van der Waals surface area contributed by atoms with Crippen molar-refractivity contribution < 1.29 is 22.7 Å². The zero-order valence-corrected chi connectivity index (χ0v) is 21.5. The first-order valence-corrected chi connectivity index (χ1v) is 13.2. The molecule has 10 heteroatoms. The topological polar surface area (TPSA) is 96.0 Å². The molecule has 0 saturated carbocycles. The number of carbonyl (C=O) groups is 2. The van der Waals surface area contributed by atoms with Crippen LogP contribution in [0.2, 0.25) is 5.02 Å². The van der Waals surface area contributed by atoms with Crippen LogP contribution in [0.25, 0.3) is 0 Å². The fourth-order valence-corrected chi connectivity index (χ4v) is 4.64. The van der Waals surface area contributed by atoms with Crippen molar-refractivity contribution >= 4 is 39.1 Å². The first-order chi connectivity index (χ1) is 16.1. The van der Waals surface area contributed by atoms with E-state index in [9.17, 15) is 18.0 Å². The van der Waals surface area contributed by atoms with Crippen molar-refractivity contribution in [3.05, 3.63) is 59.1 Å². The molecule has 0 fully saturated rings. The van der Waals surface area contributed by atoms with Gasteiger partial charge in [-0.1, -0.05) is 35.9 Å². The van der Waals surface area contributed by atoms with Crippen LogP contribution in [-0.4, -0.2) is 57.6 Å². The van der Waals surface area contributed by atoms with Gasteiger partial charge in [0.15, 0.2) is 0 Å². The highest BCUT2D eigenvalue weighted by Crippen LogP contribution is 2.24. The van der Waals surface area contributed by atoms with Crippen molar-refractivity contribution in [2.24, 2.45) is 0 Å². The summed E-state index contributed by atoms with van der Waals surface area (Å²) in [4.78, 5) is 27.2. The molecule has 0 spiro atoms. The number of anilines is 1. The van der Waals surface area contributed by atoms with Crippen LogP contribution in [0.4, 0.5) is 5.69 Å². The second-order valence-electron chi connectivity index (χ2n) is 7.82. The first-order valence-electron chi connectivity index (χ1n) is 11.0. The van der Waals surface area contributed by atoms with Gasteiger partial charge in [0, 0.05) is 37.1 Å². The number of amides is 2. The molecule has 0 bridgehead atoms. The van der Waals surface area contributed by atoms with Crippen LogP contribution in [0.5, 0.6) is 5.75 Å². The van der Waals surface area contributed by atoms with E-state index in [0.717, 1.165) is 11.8 Å². The molecule has 0 aliphatic rings. The molecule has 0 radical (unpaired) electrons. The maximum Gasteiger partial charge on any atom is 0.242 e. The summed E-state index contributed by atoms with van der Waals surface area (Å²) in [5.41, 5.74) is 1.18. The van der Waals surface area contributed by atoms with Gasteiger partial charge in [-0.15, -0.1) is 0 Å². The zero-order valence-electron chi connectivity index (χ0n) is 20.0. The van der Waals surface area contributed by atoms with Gasteiger partial charge < -0.3 is 15.0 Å². The molecule has 34 heavy (non-hydrogen) atoms. The molecule has 0 unspecified atom stereocenters. The Labute approximate surface area is 206 Å². The SMILES string of the molecule is CCNC(=O)[C@@H](C)N(Cc1ccccc1Cl)C(=O)CCCN(c1cccc(OC)c1)S(C)(=O)=O. The number of halogens is 1. The second-order valence-corrected chi connectivity index (χ2v) is 10.1. The summed E-state index contributed by atoms with van der Waals surface area (Å²) in [6.07, 6.45) is 1.45. The summed E-state index contributed by atoms with van der Waals surface area (Å²) >= 11 is 6.28. The summed E-state index contributed by atoms with van der Waals surface area (Å²) < 4.78 is 31.3. The molecule has 2 amide bonds. The smallest absolute Gasteiger partial charge is 0.242 e. The lowest BCUT2D eigenvalue weighted by Crippen LogP contribution is -2.47. The molecule has 2 rings (SSSR count). The first kappa shape index (κ1) is 27.5. The van der Waals surface area contributed by atoms with Gasteiger partial charge in [0.1, 0.15) is 11.8 Å². The molecule has 0 aromatic heterocycles. The Kier molecular flexibility index (Phi) is 10.2. The lowest BCUT2D eigenvalue weighted by molar-refractivity contribution is -0.140. The predicted molar refractivity (Wildman–Crippen MR) is 135 cm³/mol. The molecule has 8 nitrogen and oxygen atoms in total. The number of hydrogen-bond acceptors (Lipinski definition) is 5. The van der Waals surface area contributed by atoms with Gasteiger partial charge in [0.2, 0.25) is 21.8 Å². The molecule has 0 aliphatic carbocycles. The van der Waals surface area contributed by atoms with Crippen molar-refractivity contribution in [3.8, 4) is 5.75 Å². The minimum Gasteiger partial charge on any atom is -0.497 e. The van der Waals surface area contributed by atoms with Crippen molar-refractivity contribution in [2.75, 3.05) is 30.8 Å². The van der Waals surface area contributed by atoms with Crippen molar-refractivity contribution in [2.45, 2.75) is 39.3 Å². The van der Waals surface area contributed by atoms with Gasteiger partial charge in [0.25, 0.3) is 0 Å². The molecular formula is C24H32ClN3O5S. The van der Waals surface area contributed by atoms with E-state index < -0.39 is 16.1 Å². The van der Waals surface area contributed by atoms with Gasteiger partial charge in [0.05, 0.1) is 19.1 Å². The number of nitrogens with one attached hydrogen (secondary N) is 1. The third kappa shape index (κ3) is 7.63. The number of carbonyl (C=O) groups excluding carboxylic acids is 2. The van der Waals surface area contributed by atoms with E-state index in [2.05, 4.69) is 5.32 Å². The average Bonchev–Trinajstić information content (AvgIpc) is 2.80. The molecule has 186 valence electrons. The minimum absolute atomic E-state index is 0.0597. The zero-order chi connectivity index (χ0) is 25.3. The molecule has 0 aliphatic heterocycles. The van der Waals surface area contributed by atoms with E-state index in [-0.39, 0.29) is 37.7 Å². The number of ether oxygens (including phenoxy) is 1. The minimum atomic E-state index is -3.58. The number of hydrogen-bond donors (Lipinski definition) is 1. The number of rotatable bonds is 12. The Bertz CT molecular complexity index is 1090. The molecule has 1 atom stereocenters. The highest BCUT2D eigenvalue weighted by atomic mass is 35.5. The number of methoxy groups -OCH3 is 1. The van der Waals surface area contributed by atoms with E-state index in [1.165, 1.54) is 16.3 Å². The van der Waals surface area contributed by atoms with Crippen molar-refractivity contribution in [1.82, 2.24) is 10.2 Å². The van der Waals surface area contributed by atoms with Crippen LogP contribution in [0.15, 0.2) is 48.5 Å². The number of nitrogens with zero attached hydrogens (tertiary/aromatic N) is 2. The number of benzene rings is 2. The van der Waals surface area contributed by atoms with Gasteiger partial charge in [-0.2, -0.15) is 0 Å². The molecule has 0 heterocycles. The van der Waals surface area contributed by atoms with Crippen LogP contribution in [0, 0.1) is 0 Å². The fraction of sp³-hybridized carbons (Fsp3) is 0.417.